The summed E-state index contributed by atoms with van der Waals surface area (Å²) in [7, 11) is -3.07. The fourth-order valence-electron chi connectivity index (χ4n) is 2.41. The number of amides is 1. The lowest BCUT2D eigenvalue weighted by Crippen LogP contribution is -2.43. The van der Waals surface area contributed by atoms with Crippen LogP contribution >= 0.6 is 0 Å². The van der Waals surface area contributed by atoms with E-state index in [0.29, 0.717) is 5.69 Å². The summed E-state index contributed by atoms with van der Waals surface area (Å²) in [6.07, 6.45) is 1.53. The molecule has 0 spiro atoms. The number of nitrogens with zero attached hydrogens (tertiary/aromatic N) is 4. The molecule has 126 valence electrons. The first-order valence-electron chi connectivity index (χ1n) is 7.16. The lowest BCUT2D eigenvalue weighted by atomic mass is 10.3. The highest BCUT2D eigenvalue weighted by Crippen LogP contribution is 2.17. The SMILES string of the molecule is O=C(c1ccn(-c2cccc([N+](=O)[O-])c2)n1)N1CCS(=O)(=O)CC1. The van der Waals surface area contributed by atoms with Gasteiger partial charge in [-0.05, 0) is 12.1 Å². The van der Waals surface area contributed by atoms with Crippen molar-refractivity contribution in [3.8, 4) is 5.69 Å². The second-order valence-corrected chi connectivity index (χ2v) is 7.67. The van der Waals surface area contributed by atoms with Gasteiger partial charge in [-0.3, -0.25) is 14.9 Å². The lowest BCUT2D eigenvalue weighted by molar-refractivity contribution is -0.384. The number of aromatic nitrogens is 2. The minimum atomic E-state index is -3.07. The van der Waals surface area contributed by atoms with Gasteiger partial charge < -0.3 is 4.90 Å². The van der Waals surface area contributed by atoms with Crippen molar-refractivity contribution in [1.82, 2.24) is 14.7 Å². The van der Waals surface area contributed by atoms with Gasteiger partial charge in [0.1, 0.15) is 0 Å². The minimum absolute atomic E-state index is 0.0513. The number of hydrogen-bond acceptors (Lipinski definition) is 6. The fourth-order valence-corrected chi connectivity index (χ4v) is 3.61. The van der Waals surface area contributed by atoms with Crippen LogP contribution in [0, 0.1) is 10.1 Å². The molecule has 0 radical (unpaired) electrons. The molecule has 0 atom stereocenters. The Morgan fingerprint density at radius 1 is 1.21 bits per heavy atom. The molecule has 3 rings (SSSR count). The number of hydrogen-bond donors (Lipinski definition) is 0. The molecule has 1 aromatic heterocycles. The van der Waals surface area contributed by atoms with Crippen molar-refractivity contribution in [3.63, 3.8) is 0 Å². The molecule has 2 aromatic rings. The zero-order valence-corrected chi connectivity index (χ0v) is 13.3. The normalized spacial score (nSPS) is 16.8. The van der Waals surface area contributed by atoms with E-state index in [4.69, 9.17) is 0 Å². The van der Waals surface area contributed by atoms with E-state index >= 15 is 0 Å². The Morgan fingerprint density at radius 2 is 1.92 bits per heavy atom. The number of non-ortho nitro benzene ring substituents is 1. The molecule has 0 unspecified atom stereocenters. The molecule has 1 fully saturated rings. The molecule has 9 nitrogen and oxygen atoms in total. The van der Waals surface area contributed by atoms with Crippen molar-refractivity contribution >= 4 is 21.4 Å². The van der Waals surface area contributed by atoms with Gasteiger partial charge in [-0.25, -0.2) is 13.1 Å². The molecule has 0 saturated carbocycles. The molecule has 1 saturated heterocycles. The molecule has 0 bridgehead atoms. The maximum absolute atomic E-state index is 12.4. The van der Waals surface area contributed by atoms with Gasteiger partial charge in [-0.1, -0.05) is 6.07 Å². The Hall–Kier alpha value is -2.75. The van der Waals surface area contributed by atoms with Crippen molar-refractivity contribution < 1.29 is 18.1 Å². The Labute approximate surface area is 137 Å². The first kappa shape index (κ1) is 16.1. The van der Waals surface area contributed by atoms with Gasteiger partial charge in [0.2, 0.25) is 0 Å². The minimum Gasteiger partial charge on any atom is -0.335 e. The third-order valence-electron chi connectivity index (χ3n) is 3.74. The number of benzene rings is 1. The average Bonchev–Trinajstić information content (AvgIpc) is 3.04. The van der Waals surface area contributed by atoms with Crippen LogP contribution in [0.25, 0.3) is 5.69 Å². The molecular formula is C14H14N4O5S. The van der Waals surface area contributed by atoms with Crippen LogP contribution in [0.15, 0.2) is 36.5 Å². The quantitative estimate of drug-likeness (QED) is 0.593. The number of nitro groups is 1. The summed E-state index contributed by atoms with van der Waals surface area (Å²) in [4.78, 5) is 24.1. The molecule has 1 aliphatic rings. The van der Waals surface area contributed by atoms with Gasteiger partial charge in [0.05, 0.1) is 22.1 Å². The van der Waals surface area contributed by atoms with E-state index in [2.05, 4.69) is 5.10 Å². The Kier molecular flexibility index (Phi) is 4.06. The predicted molar refractivity (Wildman–Crippen MR) is 84.8 cm³/mol. The molecule has 0 aliphatic carbocycles. The van der Waals surface area contributed by atoms with Crippen molar-refractivity contribution in [2.45, 2.75) is 0 Å². The van der Waals surface area contributed by atoms with Crippen LogP contribution in [0.5, 0.6) is 0 Å². The monoisotopic (exact) mass is 350 g/mol. The fraction of sp³-hybridized carbons (Fsp3) is 0.286. The third kappa shape index (κ3) is 3.27. The maximum atomic E-state index is 12.4. The molecule has 1 aromatic carbocycles. The molecule has 1 aliphatic heterocycles. The van der Waals surface area contributed by atoms with Gasteiger partial charge in [0.15, 0.2) is 15.5 Å². The standard InChI is InChI=1S/C14H14N4O5S/c19-14(16-6-8-24(22,23)9-7-16)13-4-5-17(15-13)11-2-1-3-12(10-11)18(20)21/h1-5,10H,6-9H2. The molecule has 2 heterocycles. The van der Waals surface area contributed by atoms with Gasteiger partial charge >= 0.3 is 0 Å². The summed E-state index contributed by atoms with van der Waals surface area (Å²) >= 11 is 0. The zero-order valence-electron chi connectivity index (χ0n) is 12.5. The van der Waals surface area contributed by atoms with Crippen LogP contribution in [0.1, 0.15) is 10.5 Å². The van der Waals surface area contributed by atoms with Crippen LogP contribution < -0.4 is 0 Å². The number of sulfone groups is 1. The maximum Gasteiger partial charge on any atom is 0.274 e. The van der Waals surface area contributed by atoms with Gasteiger partial charge in [0.25, 0.3) is 11.6 Å². The van der Waals surface area contributed by atoms with E-state index in [1.165, 1.54) is 40.0 Å². The number of carbonyl (C=O) groups excluding carboxylic acids is 1. The van der Waals surface area contributed by atoms with Crippen LogP contribution in [-0.4, -0.2) is 58.5 Å². The molecule has 24 heavy (non-hydrogen) atoms. The Balaban J connectivity index is 1.79. The molecular weight excluding hydrogens is 336 g/mol. The van der Waals surface area contributed by atoms with E-state index in [-0.39, 0.29) is 41.9 Å². The van der Waals surface area contributed by atoms with Crippen LogP contribution in [0.4, 0.5) is 5.69 Å². The number of carbonyl (C=O) groups is 1. The van der Waals surface area contributed by atoms with Crippen molar-refractivity contribution in [1.29, 1.82) is 0 Å². The highest BCUT2D eigenvalue weighted by atomic mass is 32.2. The van der Waals surface area contributed by atoms with Crippen LogP contribution in [-0.2, 0) is 9.84 Å². The summed E-state index contributed by atoms with van der Waals surface area (Å²) in [6, 6.07) is 7.40. The second kappa shape index (κ2) is 6.04. The molecule has 0 N–H and O–H groups in total. The summed E-state index contributed by atoms with van der Waals surface area (Å²) in [5, 5.41) is 15.0. The van der Waals surface area contributed by atoms with Gasteiger partial charge in [0, 0.05) is 31.4 Å². The summed E-state index contributed by atoms with van der Waals surface area (Å²) < 4.78 is 24.2. The second-order valence-electron chi connectivity index (χ2n) is 5.37. The van der Waals surface area contributed by atoms with E-state index < -0.39 is 14.8 Å². The number of rotatable bonds is 3. The smallest absolute Gasteiger partial charge is 0.274 e. The Morgan fingerprint density at radius 3 is 2.58 bits per heavy atom. The van der Waals surface area contributed by atoms with E-state index in [1.54, 1.807) is 6.07 Å². The van der Waals surface area contributed by atoms with Crippen molar-refractivity contribution in [3.05, 3.63) is 52.3 Å². The summed E-state index contributed by atoms with van der Waals surface area (Å²) in [5.41, 5.74) is 0.558. The average molecular weight is 350 g/mol. The summed E-state index contributed by atoms with van der Waals surface area (Å²) in [6.45, 7) is 0.287. The van der Waals surface area contributed by atoms with E-state index in [9.17, 15) is 23.3 Å². The van der Waals surface area contributed by atoms with Crippen LogP contribution in [0.3, 0.4) is 0 Å². The molecule has 1 amide bonds. The molecule has 10 heteroatoms. The van der Waals surface area contributed by atoms with Gasteiger partial charge in [-0.15, -0.1) is 0 Å². The lowest BCUT2D eigenvalue weighted by Gasteiger charge is -2.25. The highest BCUT2D eigenvalue weighted by molar-refractivity contribution is 7.91. The van der Waals surface area contributed by atoms with E-state index in [0.717, 1.165) is 0 Å². The first-order chi connectivity index (χ1) is 11.4. The van der Waals surface area contributed by atoms with Crippen LogP contribution in [0.2, 0.25) is 0 Å². The third-order valence-corrected chi connectivity index (χ3v) is 5.35. The number of nitro benzene ring substituents is 1. The highest BCUT2D eigenvalue weighted by Gasteiger charge is 2.27. The zero-order chi connectivity index (χ0) is 17.3. The topological polar surface area (TPSA) is 115 Å². The van der Waals surface area contributed by atoms with Gasteiger partial charge in [-0.2, -0.15) is 5.10 Å². The van der Waals surface area contributed by atoms with Crippen molar-refractivity contribution in [2.24, 2.45) is 0 Å². The predicted octanol–water partition coefficient (Wildman–Crippen LogP) is 0.651. The van der Waals surface area contributed by atoms with E-state index in [1.807, 2.05) is 0 Å². The summed E-state index contributed by atoms with van der Waals surface area (Å²) in [5.74, 6) is -0.455. The van der Waals surface area contributed by atoms with Crippen molar-refractivity contribution in [2.75, 3.05) is 24.6 Å². The largest absolute Gasteiger partial charge is 0.335 e. The Bertz CT molecular complexity index is 891. The first-order valence-corrected chi connectivity index (χ1v) is 8.98.